The van der Waals surface area contributed by atoms with Crippen LogP contribution < -0.4 is 0 Å². The van der Waals surface area contributed by atoms with Crippen LogP contribution >= 0.6 is 0 Å². The fraction of sp³-hybridized carbons (Fsp3) is 0.214. The van der Waals surface area contributed by atoms with Crippen LogP contribution in [-0.4, -0.2) is 17.8 Å². The van der Waals surface area contributed by atoms with Crippen molar-refractivity contribution in [1.82, 2.24) is 4.98 Å². The third-order valence-electron chi connectivity index (χ3n) is 3.09. The first-order chi connectivity index (χ1) is 8.20. The first-order valence-corrected chi connectivity index (χ1v) is 5.63. The molecular weight excluding hydrogens is 212 g/mol. The molecule has 17 heavy (non-hydrogen) atoms. The Kier molecular flexibility index (Phi) is 2.08. The number of fused-ring (bicyclic) bond motifs is 3. The fourth-order valence-electron chi connectivity index (χ4n) is 2.40. The van der Waals surface area contributed by atoms with Gasteiger partial charge in [-0.25, -0.2) is 0 Å². The van der Waals surface area contributed by atoms with Crippen molar-refractivity contribution in [2.45, 2.75) is 13.8 Å². The molecular formula is C14H14N2O. The molecule has 0 aliphatic heterocycles. The molecule has 0 saturated heterocycles. The van der Waals surface area contributed by atoms with Gasteiger partial charge in [-0.1, -0.05) is 22.9 Å². The highest BCUT2D eigenvalue weighted by Gasteiger charge is 2.27. The predicted molar refractivity (Wildman–Crippen MR) is 68.4 cm³/mol. The molecule has 1 N–H and O–H groups in total. The highest BCUT2D eigenvalue weighted by atomic mass is 16.6. The summed E-state index contributed by atoms with van der Waals surface area (Å²) in [7, 11) is 1.58. The highest BCUT2D eigenvalue weighted by molar-refractivity contribution is 6.24. The Morgan fingerprint density at radius 2 is 1.88 bits per heavy atom. The first kappa shape index (κ1) is 10.1. The maximum atomic E-state index is 4.96. The maximum absolute atomic E-state index is 4.96. The highest BCUT2D eigenvalue weighted by Crippen LogP contribution is 2.37. The lowest BCUT2D eigenvalue weighted by Gasteiger charge is -2.02. The van der Waals surface area contributed by atoms with Gasteiger partial charge in [0, 0.05) is 22.4 Å². The number of rotatable bonds is 1. The Morgan fingerprint density at radius 3 is 2.65 bits per heavy atom. The monoisotopic (exact) mass is 226 g/mol. The lowest BCUT2D eigenvalue weighted by Crippen LogP contribution is -1.98. The second-order valence-electron chi connectivity index (χ2n) is 4.41. The van der Waals surface area contributed by atoms with Gasteiger partial charge in [-0.15, -0.1) is 0 Å². The van der Waals surface area contributed by atoms with Gasteiger partial charge in [-0.05, 0) is 26.0 Å². The molecule has 0 saturated carbocycles. The summed E-state index contributed by atoms with van der Waals surface area (Å²) in [5.41, 5.74) is 7.92. The van der Waals surface area contributed by atoms with Crippen LogP contribution in [0.2, 0.25) is 0 Å². The Labute approximate surface area is 100 Å². The van der Waals surface area contributed by atoms with Gasteiger partial charge in [0.1, 0.15) is 12.8 Å². The van der Waals surface area contributed by atoms with Crippen molar-refractivity contribution in [1.29, 1.82) is 0 Å². The van der Waals surface area contributed by atoms with Gasteiger partial charge in [0.05, 0.1) is 5.69 Å². The van der Waals surface area contributed by atoms with Crippen LogP contribution in [0.25, 0.3) is 11.3 Å². The summed E-state index contributed by atoms with van der Waals surface area (Å²) in [5, 5.41) is 4.16. The second kappa shape index (κ2) is 3.48. The van der Waals surface area contributed by atoms with Crippen molar-refractivity contribution in [3.8, 4) is 11.3 Å². The molecule has 0 fully saturated rings. The average molecular weight is 226 g/mol. The van der Waals surface area contributed by atoms with E-state index in [0.717, 1.165) is 28.2 Å². The smallest absolute Gasteiger partial charge is 0.120 e. The van der Waals surface area contributed by atoms with Crippen molar-refractivity contribution in [2.75, 3.05) is 7.11 Å². The topological polar surface area (TPSA) is 37.4 Å². The molecule has 1 heterocycles. The van der Waals surface area contributed by atoms with E-state index in [4.69, 9.17) is 4.84 Å². The zero-order valence-corrected chi connectivity index (χ0v) is 10.2. The van der Waals surface area contributed by atoms with E-state index < -0.39 is 0 Å². The Balaban J connectivity index is 2.32. The second-order valence-corrected chi connectivity index (χ2v) is 4.41. The van der Waals surface area contributed by atoms with Crippen LogP contribution in [0.15, 0.2) is 29.4 Å². The van der Waals surface area contributed by atoms with Crippen LogP contribution in [0, 0.1) is 13.8 Å². The third kappa shape index (κ3) is 1.39. The van der Waals surface area contributed by atoms with E-state index in [1.807, 2.05) is 0 Å². The van der Waals surface area contributed by atoms with Gasteiger partial charge in [0.2, 0.25) is 0 Å². The van der Waals surface area contributed by atoms with Gasteiger partial charge in [0.25, 0.3) is 0 Å². The lowest BCUT2D eigenvalue weighted by molar-refractivity contribution is 0.214. The van der Waals surface area contributed by atoms with Crippen molar-refractivity contribution < 1.29 is 4.84 Å². The molecule has 0 bridgehead atoms. The largest absolute Gasteiger partial charge is 0.399 e. The number of hydrogen-bond donors (Lipinski definition) is 1. The van der Waals surface area contributed by atoms with Gasteiger partial charge in [0.15, 0.2) is 0 Å². The summed E-state index contributed by atoms with van der Waals surface area (Å²) < 4.78 is 0. The van der Waals surface area contributed by atoms with E-state index in [0.29, 0.717) is 0 Å². The molecule has 1 aromatic carbocycles. The standard InChI is InChI=1S/C14H14N2O/c1-8-4-5-10-11(6-8)14(16-17-3)12-7-9(2)15-13(10)12/h4-7,15H,1-3H3/b16-14+. The SMILES string of the molecule is CO/N=C1\c2cc(C)ccc2-c2[nH]c(C)cc21. The molecule has 3 nitrogen and oxygen atoms in total. The lowest BCUT2D eigenvalue weighted by atomic mass is 10.1. The molecule has 1 aromatic heterocycles. The minimum Gasteiger partial charge on any atom is -0.399 e. The van der Waals surface area contributed by atoms with E-state index in [-0.39, 0.29) is 0 Å². The van der Waals surface area contributed by atoms with E-state index >= 15 is 0 Å². The molecule has 0 atom stereocenters. The number of aromatic amines is 1. The minimum atomic E-state index is 0.922. The number of hydrogen-bond acceptors (Lipinski definition) is 2. The quantitative estimate of drug-likeness (QED) is 0.636. The molecule has 86 valence electrons. The van der Waals surface area contributed by atoms with Crippen molar-refractivity contribution in [3.63, 3.8) is 0 Å². The summed E-state index contributed by atoms with van der Waals surface area (Å²) in [6.45, 7) is 4.14. The number of nitrogens with zero attached hydrogens (tertiary/aromatic N) is 1. The first-order valence-electron chi connectivity index (χ1n) is 5.63. The Hall–Kier alpha value is -2.03. The fourth-order valence-corrected chi connectivity index (χ4v) is 2.40. The Morgan fingerprint density at radius 1 is 1.06 bits per heavy atom. The van der Waals surface area contributed by atoms with Crippen LogP contribution in [0.4, 0.5) is 0 Å². The molecule has 3 rings (SSSR count). The van der Waals surface area contributed by atoms with Crippen molar-refractivity contribution in [3.05, 3.63) is 46.6 Å². The Bertz CT molecular complexity index is 623. The molecule has 0 radical (unpaired) electrons. The molecule has 0 amide bonds. The minimum absolute atomic E-state index is 0.922. The summed E-state index contributed by atoms with van der Waals surface area (Å²) in [5.74, 6) is 0. The number of aryl methyl sites for hydroxylation is 2. The molecule has 1 aliphatic rings. The van der Waals surface area contributed by atoms with Crippen LogP contribution in [0.3, 0.4) is 0 Å². The van der Waals surface area contributed by atoms with Crippen LogP contribution in [0.5, 0.6) is 0 Å². The molecule has 2 aromatic rings. The maximum Gasteiger partial charge on any atom is 0.120 e. The molecule has 3 heteroatoms. The van der Waals surface area contributed by atoms with E-state index in [1.165, 1.54) is 11.1 Å². The summed E-state index contributed by atoms with van der Waals surface area (Å²) in [6.07, 6.45) is 0. The third-order valence-corrected chi connectivity index (χ3v) is 3.09. The number of benzene rings is 1. The number of nitrogens with one attached hydrogen (secondary N) is 1. The predicted octanol–water partition coefficient (Wildman–Crippen LogP) is 3.01. The summed E-state index contributed by atoms with van der Waals surface area (Å²) in [6, 6.07) is 8.52. The number of H-pyrrole nitrogens is 1. The van der Waals surface area contributed by atoms with E-state index in [2.05, 4.69) is 48.3 Å². The van der Waals surface area contributed by atoms with E-state index in [1.54, 1.807) is 7.11 Å². The van der Waals surface area contributed by atoms with Crippen LogP contribution in [0.1, 0.15) is 22.4 Å². The van der Waals surface area contributed by atoms with Gasteiger partial charge in [-0.3, -0.25) is 0 Å². The van der Waals surface area contributed by atoms with E-state index in [9.17, 15) is 0 Å². The number of oxime groups is 1. The molecule has 1 aliphatic carbocycles. The van der Waals surface area contributed by atoms with Gasteiger partial charge >= 0.3 is 0 Å². The normalized spacial score (nSPS) is 14.9. The zero-order valence-electron chi connectivity index (χ0n) is 10.2. The van der Waals surface area contributed by atoms with Crippen molar-refractivity contribution >= 4 is 5.71 Å². The van der Waals surface area contributed by atoms with Crippen molar-refractivity contribution in [2.24, 2.45) is 5.16 Å². The van der Waals surface area contributed by atoms with Gasteiger partial charge in [-0.2, -0.15) is 0 Å². The summed E-state index contributed by atoms with van der Waals surface area (Å²) >= 11 is 0. The number of aromatic nitrogens is 1. The average Bonchev–Trinajstić information content (AvgIpc) is 2.77. The zero-order chi connectivity index (χ0) is 12.0. The summed E-state index contributed by atoms with van der Waals surface area (Å²) in [4.78, 5) is 8.35. The van der Waals surface area contributed by atoms with Crippen LogP contribution in [-0.2, 0) is 4.84 Å². The molecule has 0 unspecified atom stereocenters. The van der Waals surface area contributed by atoms with Gasteiger partial charge < -0.3 is 9.82 Å². The molecule has 0 spiro atoms.